The maximum absolute atomic E-state index is 14.0. The van der Waals surface area contributed by atoms with Crippen molar-refractivity contribution >= 4 is 34.2 Å². The Labute approximate surface area is 258 Å². The molecule has 2 amide bonds. The first-order valence-corrected chi connectivity index (χ1v) is 15.0. The molecule has 6 rings (SSSR count). The van der Waals surface area contributed by atoms with Crippen LogP contribution >= 0.6 is 0 Å². The Bertz CT molecular complexity index is 1760. The van der Waals surface area contributed by atoms with Crippen molar-refractivity contribution in [2.75, 3.05) is 37.4 Å². The van der Waals surface area contributed by atoms with Gasteiger partial charge in [-0.1, -0.05) is 6.07 Å². The summed E-state index contributed by atoms with van der Waals surface area (Å²) >= 11 is 0. The van der Waals surface area contributed by atoms with Crippen LogP contribution in [0.4, 0.5) is 24.5 Å². The molecule has 1 aliphatic heterocycles. The Morgan fingerprint density at radius 1 is 1.04 bits per heavy atom. The number of aryl methyl sites for hydroxylation is 2. The second kappa shape index (κ2) is 11.8. The number of carbonyl (C=O) groups is 2. The van der Waals surface area contributed by atoms with Crippen molar-refractivity contribution in [1.82, 2.24) is 19.9 Å². The van der Waals surface area contributed by atoms with E-state index in [-0.39, 0.29) is 35.4 Å². The van der Waals surface area contributed by atoms with Gasteiger partial charge in [-0.2, -0.15) is 13.2 Å². The van der Waals surface area contributed by atoms with Crippen molar-refractivity contribution < 1.29 is 27.5 Å². The number of nitrogens with one attached hydrogen (secondary N) is 3. The summed E-state index contributed by atoms with van der Waals surface area (Å²) in [6.45, 7) is 5.68. The van der Waals surface area contributed by atoms with E-state index in [1.54, 1.807) is 19.1 Å². The number of amides is 2. The monoisotopic (exact) mass is 620 g/mol. The number of aromatic amines is 1. The van der Waals surface area contributed by atoms with E-state index in [9.17, 15) is 22.8 Å². The number of halogens is 3. The fourth-order valence-electron chi connectivity index (χ4n) is 5.88. The Kier molecular flexibility index (Phi) is 8.02. The molecule has 45 heavy (non-hydrogen) atoms. The lowest BCUT2D eigenvalue weighted by atomic mass is 9.97. The zero-order chi connectivity index (χ0) is 31.9. The first kappa shape index (κ1) is 30.6. The third-order valence-corrected chi connectivity index (χ3v) is 8.80. The predicted octanol–water partition coefficient (Wildman–Crippen LogP) is 6.24. The molecule has 0 spiro atoms. The standard InChI is InChI=1S/C33H35F3N6O3/c1-19-4-5-22(15-26(19)41-31(44)32(10-11-32)28-24-14-20(2)39-29(24)38-18-37-28)30(43)40-23-6-7-27(25(16-23)33(34,35)36)45-17-21-8-12-42(3)13-9-21/h4-7,14-16,18,21H,8-13,17H2,1-3H3,(H,40,43)(H,41,44)(H,37,38,39). The van der Waals surface area contributed by atoms with Gasteiger partial charge in [-0.3, -0.25) is 9.59 Å². The normalized spacial score (nSPS) is 16.8. The Morgan fingerprint density at radius 2 is 1.80 bits per heavy atom. The van der Waals surface area contributed by atoms with Gasteiger partial charge >= 0.3 is 6.18 Å². The fourth-order valence-corrected chi connectivity index (χ4v) is 5.88. The molecule has 9 nitrogen and oxygen atoms in total. The second-order valence-electron chi connectivity index (χ2n) is 12.2. The number of fused-ring (bicyclic) bond motifs is 1. The maximum atomic E-state index is 14.0. The quantitative estimate of drug-likeness (QED) is 0.215. The molecule has 0 atom stereocenters. The van der Waals surface area contributed by atoms with Crippen LogP contribution < -0.4 is 15.4 Å². The third-order valence-electron chi connectivity index (χ3n) is 8.80. The summed E-state index contributed by atoms with van der Waals surface area (Å²) in [7, 11) is 2.02. The first-order valence-electron chi connectivity index (χ1n) is 15.0. The first-order chi connectivity index (χ1) is 21.4. The molecule has 1 saturated heterocycles. The molecule has 2 aromatic carbocycles. The van der Waals surface area contributed by atoms with Gasteiger partial charge in [0.05, 0.1) is 23.3 Å². The Balaban J connectivity index is 1.17. The van der Waals surface area contributed by atoms with Crippen molar-refractivity contribution in [1.29, 1.82) is 0 Å². The summed E-state index contributed by atoms with van der Waals surface area (Å²) < 4.78 is 47.6. The topological polar surface area (TPSA) is 112 Å². The summed E-state index contributed by atoms with van der Waals surface area (Å²) in [5.41, 5.74) is 1.79. The lowest BCUT2D eigenvalue weighted by Gasteiger charge is -2.29. The Morgan fingerprint density at radius 3 is 2.51 bits per heavy atom. The highest BCUT2D eigenvalue weighted by Crippen LogP contribution is 2.50. The maximum Gasteiger partial charge on any atom is 0.420 e. The number of H-pyrrole nitrogens is 1. The molecule has 0 unspecified atom stereocenters. The average molecular weight is 621 g/mol. The number of piperidine rings is 1. The van der Waals surface area contributed by atoms with E-state index >= 15 is 0 Å². The van der Waals surface area contributed by atoms with Gasteiger partial charge < -0.3 is 25.3 Å². The summed E-state index contributed by atoms with van der Waals surface area (Å²) in [6, 6.07) is 10.2. The van der Waals surface area contributed by atoms with Gasteiger partial charge in [-0.25, -0.2) is 9.97 Å². The van der Waals surface area contributed by atoms with Crippen LogP contribution in [0.5, 0.6) is 5.75 Å². The van der Waals surface area contributed by atoms with Crippen molar-refractivity contribution in [2.24, 2.45) is 5.92 Å². The number of likely N-dealkylation sites (tertiary alicyclic amines) is 1. The van der Waals surface area contributed by atoms with Gasteiger partial charge in [0, 0.05) is 28.0 Å². The molecule has 2 aromatic heterocycles. The van der Waals surface area contributed by atoms with Crippen LogP contribution in [0.25, 0.3) is 11.0 Å². The number of carbonyl (C=O) groups excluding carboxylic acids is 2. The smallest absolute Gasteiger partial charge is 0.420 e. The average Bonchev–Trinajstić information content (AvgIpc) is 3.72. The lowest BCUT2D eigenvalue weighted by molar-refractivity contribution is -0.139. The van der Waals surface area contributed by atoms with Crippen molar-refractivity contribution in [2.45, 2.75) is 51.1 Å². The molecule has 12 heteroatoms. The molecule has 0 bridgehead atoms. The number of anilines is 2. The fraction of sp³-hybridized carbons (Fsp3) is 0.394. The molecule has 1 aliphatic carbocycles. The zero-order valence-corrected chi connectivity index (χ0v) is 25.3. The number of ether oxygens (including phenoxy) is 1. The van der Waals surface area contributed by atoms with Crippen molar-refractivity contribution in [3.05, 3.63) is 76.9 Å². The predicted molar refractivity (Wildman–Crippen MR) is 164 cm³/mol. The summed E-state index contributed by atoms with van der Waals surface area (Å²) in [6.07, 6.45) is -0.263. The van der Waals surface area contributed by atoms with Crippen LogP contribution in [0.1, 0.15) is 58.6 Å². The van der Waals surface area contributed by atoms with Gasteiger partial charge in [-0.05, 0) is 108 Å². The summed E-state index contributed by atoms with van der Waals surface area (Å²) in [5, 5.41) is 6.33. The molecular formula is C33H35F3N6O3. The molecule has 2 aliphatic rings. The molecule has 4 aromatic rings. The van der Waals surface area contributed by atoms with E-state index in [1.165, 1.54) is 24.5 Å². The van der Waals surface area contributed by atoms with Crippen LogP contribution in [-0.4, -0.2) is 58.4 Å². The van der Waals surface area contributed by atoms with Gasteiger partial charge in [0.15, 0.2) is 0 Å². The van der Waals surface area contributed by atoms with Gasteiger partial charge in [0.1, 0.15) is 17.7 Å². The minimum absolute atomic E-state index is 0.0170. The number of benzene rings is 2. The van der Waals surface area contributed by atoms with Crippen LogP contribution in [-0.2, 0) is 16.4 Å². The van der Waals surface area contributed by atoms with Gasteiger partial charge in [0.25, 0.3) is 5.91 Å². The highest BCUT2D eigenvalue weighted by atomic mass is 19.4. The molecule has 236 valence electrons. The largest absolute Gasteiger partial charge is 0.493 e. The zero-order valence-electron chi connectivity index (χ0n) is 25.3. The highest BCUT2D eigenvalue weighted by Gasteiger charge is 2.53. The number of aromatic nitrogens is 3. The minimum atomic E-state index is -4.67. The van der Waals surface area contributed by atoms with Crippen LogP contribution in [0, 0.1) is 19.8 Å². The van der Waals surface area contributed by atoms with Crippen molar-refractivity contribution in [3.8, 4) is 5.75 Å². The number of nitrogens with zero attached hydrogens (tertiary/aromatic N) is 3. The van der Waals surface area contributed by atoms with E-state index < -0.39 is 23.1 Å². The number of rotatable bonds is 8. The van der Waals surface area contributed by atoms with E-state index in [1.807, 2.05) is 20.0 Å². The van der Waals surface area contributed by atoms with Crippen LogP contribution in [0.3, 0.4) is 0 Å². The molecule has 3 heterocycles. The van der Waals surface area contributed by atoms with E-state index in [0.717, 1.165) is 48.6 Å². The number of hydrogen-bond acceptors (Lipinski definition) is 6. The Hall–Kier alpha value is -4.45. The van der Waals surface area contributed by atoms with Crippen LogP contribution in [0.2, 0.25) is 0 Å². The van der Waals surface area contributed by atoms with E-state index in [0.29, 0.717) is 29.9 Å². The van der Waals surface area contributed by atoms with Gasteiger partial charge in [-0.15, -0.1) is 0 Å². The molecular weight excluding hydrogens is 585 g/mol. The minimum Gasteiger partial charge on any atom is -0.493 e. The lowest BCUT2D eigenvalue weighted by Crippen LogP contribution is -2.32. The summed E-state index contributed by atoms with van der Waals surface area (Å²) in [5.74, 6) is -0.926. The van der Waals surface area contributed by atoms with Crippen molar-refractivity contribution in [3.63, 3.8) is 0 Å². The van der Waals surface area contributed by atoms with Crippen LogP contribution in [0.15, 0.2) is 48.8 Å². The number of alkyl halides is 3. The third kappa shape index (κ3) is 6.37. The molecule has 1 saturated carbocycles. The second-order valence-corrected chi connectivity index (χ2v) is 12.2. The molecule has 2 fully saturated rings. The van der Waals surface area contributed by atoms with E-state index in [2.05, 4.69) is 30.5 Å². The number of hydrogen-bond donors (Lipinski definition) is 3. The highest BCUT2D eigenvalue weighted by molar-refractivity contribution is 6.07. The van der Waals surface area contributed by atoms with Gasteiger partial charge in [0.2, 0.25) is 5.91 Å². The van der Waals surface area contributed by atoms with E-state index in [4.69, 9.17) is 4.74 Å². The SMILES string of the molecule is Cc1cc2c(C3(C(=O)Nc4cc(C(=O)Nc5ccc(OCC6CCN(C)CC6)c(C(F)(F)F)c5)ccc4C)CC3)ncnc2[nH]1. The molecule has 0 radical (unpaired) electrons. The molecule has 3 N–H and O–H groups in total. The summed E-state index contributed by atoms with van der Waals surface area (Å²) in [4.78, 5) is 40.9.